The van der Waals surface area contributed by atoms with Gasteiger partial charge in [-0.1, -0.05) is 40.2 Å². The van der Waals surface area contributed by atoms with E-state index in [9.17, 15) is 22.1 Å². The number of quaternary nitrogens is 1. The van der Waals surface area contributed by atoms with Gasteiger partial charge in [-0.2, -0.15) is 0 Å². The molecule has 10 heteroatoms. The van der Waals surface area contributed by atoms with E-state index in [4.69, 9.17) is 4.74 Å². The molecule has 1 N–H and O–H groups in total. The van der Waals surface area contributed by atoms with E-state index in [1.165, 1.54) is 16.8 Å². The largest absolute Gasteiger partial charge is 0.673 e. The van der Waals surface area contributed by atoms with Crippen molar-refractivity contribution < 1.29 is 31.3 Å². The SMILES string of the molecule is C[N+](C)(C)CCCOC(=O)c1ccc(C2Nc3ccc(Br)cc3C3C=CCC32)cc1.F[B-](F)(F)F. The molecule has 2 aliphatic rings. The van der Waals surface area contributed by atoms with Crippen LogP contribution in [0, 0.1) is 5.92 Å². The molecule has 2 aromatic carbocycles. The van der Waals surface area contributed by atoms with E-state index in [2.05, 4.69) is 84.9 Å². The van der Waals surface area contributed by atoms with Gasteiger partial charge in [-0.05, 0) is 53.8 Å². The Morgan fingerprint density at radius 1 is 1.11 bits per heavy atom. The summed E-state index contributed by atoms with van der Waals surface area (Å²) in [6.07, 6.45) is 6.56. The van der Waals surface area contributed by atoms with Gasteiger partial charge in [0.15, 0.2) is 0 Å². The summed E-state index contributed by atoms with van der Waals surface area (Å²) in [7, 11) is 0.421. The number of allylic oxidation sites excluding steroid dienone is 2. The second-order valence-electron chi connectivity index (χ2n) is 9.83. The third kappa shape index (κ3) is 8.10. The van der Waals surface area contributed by atoms with Crippen LogP contribution in [0.2, 0.25) is 0 Å². The van der Waals surface area contributed by atoms with Crippen LogP contribution in [0.5, 0.6) is 0 Å². The molecular weight excluding hydrogens is 527 g/mol. The van der Waals surface area contributed by atoms with Crippen molar-refractivity contribution in [2.75, 3.05) is 39.6 Å². The Balaban J connectivity index is 0.000000623. The van der Waals surface area contributed by atoms with Gasteiger partial charge in [0.2, 0.25) is 0 Å². The van der Waals surface area contributed by atoms with Crippen molar-refractivity contribution in [1.82, 2.24) is 0 Å². The number of anilines is 1. The van der Waals surface area contributed by atoms with E-state index in [0.717, 1.165) is 28.3 Å². The highest BCUT2D eigenvalue weighted by Crippen LogP contribution is 2.50. The number of hydrogen-bond acceptors (Lipinski definition) is 3. The van der Waals surface area contributed by atoms with Crippen molar-refractivity contribution in [1.29, 1.82) is 0 Å². The number of nitrogens with one attached hydrogen (secondary N) is 1. The summed E-state index contributed by atoms with van der Waals surface area (Å²) >= 11 is 3.60. The topological polar surface area (TPSA) is 38.3 Å². The minimum absolute atomic E-state index is 0.230. The molecule has 4 nitrogen and oxygen atoms in total. The third-order valence-corrected chi connectivity index (χ3v) is 6.53. The van der Waals surface area contributed by atoms with Gasteiger partial charge in [-0.3, -0.25) is 0 Å². The van der Waals surface area contributed by atoms with Crippen molar-refractivity contribution in [2.45, 2.75) is 24.8 Å². The highest BCUT2D eigenvalue weighted by Gasteiger charge is 2.37. The molecule has 0 spiro atoms. The fourth-order valence-electron chi connectivity index (χ4n) is 4.51. The molecular formula is C25H30BBrF4N2O2. The first-order chi connectivity index (χ1) is 16.3. The van der Waals surface area contributed by atoms with Gasteiger partial charge in [0.25, 0.3) is 0 Å². The lowest BCUT2D eigenvalue weighted by Gasteiger charge is -2.37. The van der Waals surface area contributed by atoms with Crippen molar-refractivity contribution >= 4 is 34.8 Å². The van der Waals surface area contributed by atoms with E-state index < -0.39 is 7.25 Å². The number of nitrogens with zero attached hydrogens (tertiary/aromatic N) is 1. The first-order valence-electron chi connectivity index (χ1n) is 11.5. The van der Waals surface area contributed by atoms with E-state index >= 15 is 0 Å². The number of carbonyl (C=O) groups is 1. The smallest absolute Gasteiger partial charge is 0.462 e. The number of esters is 1. The second-order valence-corrected chi connectivity index (χ2v) is 10.7. The van der Waals surface area contributed by atoms with Gasteiger partial charge in [-0.15, -0.1) is 0 Å². The lowest BCUT2D eigenvalue weighted by atomic mass is 9.77. The van der Waals surface area contributed by atoms with Crippen LogP contribution in [0.4, 0.5) is 23.0 Å². The Labute approximate surface area is 212 Å². The van der Waals surface area contributed by atoms with Crippen molar-refractivity contribution in [3.63, 3.8) is 0 Å². The maximum absolute atomic E-state index is 12.4. The molecule has 35 heavy (non-hydrogen) atoms. The highest BCUT2D eigenvalue weighted by molar-refractivity contribution is 9.10. The van der Waals surface area contributed by atoms with Crippen LogP contribution in [-0.4, -0.2) is 52.0 Å². The summed E-state index contributed by atoms with van der Waals surface area (Å²) in [6, 6.07) is 14.6. The fourth-order valence-corrected chi connectivity index (χ4v) is 4.89. The number of halogens is 5. The normalized spacial score (nSPS) is 20.7. The van der Waals surface area contributed by atoms with Crippen LogP contribution in [0.1, 0.15) is 46.3 Å². The quantitative estimate of drug-likeness (QED) is 0.106. The number of benzene rings is 2. The minimum atomic E-state index is -6.00. The molecule has 1 aliphatic heterocycles. The van der Waals surface area contributed by atoms with Crippen molar-refractivity contribution in [3.05, 3.63) is 75.8 Å². The molecule has 0 saturated carbocycles. The number of hydrogen-bond donors (Lipinski definition) is 1. The van der Waals surface area contributed by atoms with Gasteiger partial charge < -0.3 is 31.8 Å². The Bertz CT molecular complexity index is 1050. The summed E-state index contributed by atoms with van der Waals surface area (Å²) in [4.78, 5) is 12.4. The standard InChI is InChI=1S/C25H30BrN2O2.BF4/c1-28(2,3)14-5-15-30-25(29)18-10-8-17(9-11-18)24-21-7-4-6-20(21)22-16-19(26)12-13-23(22)27-24;2-1(3,4)5/h4,6,8-13,16,20-21,24,27H,5,7,14-15H2,1-3H3;/q+1;-1. The molecule has 0 saturated heterocycles. The summed E-state index contributed by atoms with van der Waals surface area (Å²) in [5, 5.41) is 3.74. The molecule has 0 radical (unpaired) electrons. The minimum Gasteiger partial charge on any atom is -0.462 e. The Hall–Kier alpha value is -2.33. The first kappa shape index (κ1) is 27.3. The lowest BCUT2D eigenvalue weighted by molar-refractivity contribution is -0.870. The molecule has 0 fully saturated rings. The monoisotopic (exact) mass is 556 g/mol. The van der Waals surface area contributed by atoms with Gasteiger partial charge in [0, 0.05) is 22.5 Å². The van der Waals surface area contributed by atoms with E-state index in [0.29, 0.717) is 24.0 Å². The predicted molar refractivity (Wildman–Crippen MR) is 135 cm³/mol. The number of rotatable bonds is 6. The second kappa shape index (κ2) is 11.2. The first-order valence-corrected chi connectivity index (χ1v) is 12.3. The van der Waals surface area contributed by atoms with Gasteiger partial charge in [0.1, 0.15) is 0 Å². The molecule has 0 amide bonds. The zero-order valence-corrected chi connectivity index (χ0v) is 21.6. The van der Waals surface area contributed by atoms with Crippen LogP contribution in [0.15, 0.2) is 59.1 Å². The zero-order chi connectivity index (χ0) is 25.8. The van der Waals surface area contributed by atoms with E-state index in [1.54, 1.807) is 0 Å². The van der Waals surface area contributed by atoms with Gasteiger partial charge >= 0.3 is 13.2 Å². The van der Waals surface area contributed by atoms with Crippen molar-refractivity contribution in [2.24, 2.45) is 5.92 Å². The maximum atomic E-state index is 12.4. The predicted octanol–water partition coefficient (Wildman–Crippen LogP) is 6.83. The van der Waals surface area contributed by atoms with Crippen LogP contribution in [-0.2, 0) is 4.74 Å². The van der Waals surface area contributed by atoms with Crippen molar-refractivity contribution in [3.8, 4) is 0 Å². The molecule has 1 aliphatic carbocycles. The molecule has 0 bridgehead atoms. The molecule has 4 rings (SSSR count). The number of fused-ring (bicyclic) bond motifs is 3. The van der Waals surface area contributed by atoms with Crippen LogP contribution >= 0.6 is 15.9 Å². The lowest BCUT2D eigenvalue weighted by Crippen LogP contribution is -2.35. The summed E-state index contributed by atoms with van der Waals surface area (Å²) < 4.78 is 46.4. The Morgan fingerprint density at radius 2 is 1.77 bits per heavy atom. The average molecular weight is 557 g/mol. The number of ether oxygens (including phenoxy) is 1. The summed E-state index contributed by atoms with van der Waals surface area (Å²) in [5.41, 5.74) is 4.37. The highest BCUT2D eigenvalue weighted by atomic mass is 79.9. The summed E-state index contributed by atoms with van der Waals surface area (Å²) in [5.74, 6) is 0.671. The Kier molecular flexibility index (Phi) is 8.70. The molecule has 190 valence electrons. The van der Waals surface area contributed by atoms with E-state index in [1.807, 2.05) is 12.1 Å². The van der Waals surface area contributed by atoms with Crippen LogP contribution < -0.4 is 5.32 Å². The summed E-state index contributed by atoms with van der Waals surface area (Å²) in [6.45, 7) is 1.44. The molecule has 2 aromatic rings. The molecule has 0 aromatic heterocycles. The third-order valence-electron chi connectivity index (χ3n) is 6.04. The molecule has 3 atom stereocenters. The van der Waals surface area contributed by atoms with Gasteiger partial charge in [0.05, 0.1) is 45.9 Å². The molecule has 1 heterocycles. The maximum Gasteiger partial charge on any atom is 0.673 e. The average Bonchev–Trinajstić information content (AvgIpc) is 3.25. The van der Waals surface area contributed by atoms with E-state index in [-0.39, 0.29) is 12.0 Å². The Morgan fingerprint density at radius 3 is 2.40 bits per heavy atom. The zero-order valence-electron chi connectivity index (χ0n) is 20.0. The number of carbonyl (C=O) groups excluding carboxylic acids is 1. The molecule has 3 unspecified atom stereocenters. The van der Waals surface area contributed by atoms with Gasteiger partial charge in [-0.25, -0.2) is 4.79 Å². The van der Waals surface area contributed by atoms with Crippen LogP contribution in [0.3, 0.4) is 0 Å². The fraction of sp³-hybridized carbons (Fsp3) is 0.400. The van der Waals surface area contributed by atoms with Crippen LogP contribution in [0.25, 0.3) is 0 Å².